The Kier molecular flexibility index (Phi) is 6.09. The van der Waals surface area contributed by atoms with Crippen molar-refractivity contribution in [1.29, 1.82) is 0 Å². The second kappa shape index (κ2) is 8.21. The molecule has 0 saturated carbocycles. The Hall–Kier alpha value is -1.93. The standard InChI is InChI=1S/C20H28FN3O3S/c1-14-17(18-11-15(21)5-6-19(18)22-14)12-20(25)24(9-4-8-23(2)3)16-7-10-28(26,27)13-16/h5-6,11,16,22H,4,7-10,12-13H2,1-3H3. The van der Waals surface area contributed by atoms with Gasteiger partial charge in [-0.3, -0.25) is 4.79 Å². The maximum absolute atomic E-state index is 13.7. The molecule has 2 heterocycles. The van der Waals surface area contributed by atoms with Crippen molar-refractivity contribution < 1.29 is 17.6 Å². The molecule has 2 aromatic rings. The van der Waals surface area contributed by atoms with E-state index in [1.807, 2.05) is 25.9 Å². The topological polar surface area (TPSA) is 73.5 Å². The molecule has 1 saturated heterocycles. The number of H-pyrrole nitrogens is 1. The SMILES string of the molecule is Cc1[nH]c2ccc(F)cc2c1CC(=O)N(CCCN(C)C)C1CCS(=O)(=O)C1. The molecular formula is C20H28FN3O3S. The molecule has 0 spiro atoms. The first-order chi connectivity index (χ1) is 13.2. The molecule has 1 amide bonds. The summed E-state index contributed by atoms with van der Waals surface area (Å²) in [4.78, 5) is 20.1. The number of nitrogens with zero attached hydrogens (tertiary/aromatic N) is 2. The van der Waals surface area contributed by atoms with Gasteiger partial charge in [-0.05, 0) is 64.2 Å². The van der Waals surface area contributed by atoms with Crippen LogP contribution in [0.1, 0.15) is 24.1 Å². The van der Waals surface area contributed by atoms with Crippen molar-refractivity contribution in [2.24, 2.45) is 0 Å². The minimum absolute atomic E-state index is 0.0300. The molecule has 0 bridgehead atoms. The highest BCUT2D eigenvalue weighted by atomic mass is 32.2. The van der Waals surface area contributed by atoms with E-state index >= 15 is 0 Å². The van der Waals surface area contributed by atoms with Gasteiger partial charge in [0.2, 0.25) is 5.91 Å². The molecule has 8 heteroatoms. The van der Waals surface area contributed by atoms with E-state index in [1.165, 1.54) is 12.1 Å². The van der Waals surface area contributed by atoms with Gasteiger partial charge in [0, 0.05) is 29.2 Å². The van der Waals surface area contributed by atoms with Crippen molar-refractivity contribution in [3.63, 3.8) is 0 Å². The summed E-state index contributed by atoms with van der Waals surface area (Å²) in [5.41, 5.74) is 2.41. The van der Waals surface area contributed by atoms with Gasteiger partial charge in [-0.25, -0.2) is 12.8 Å². The van der Waals surface area contributed by atoms with Crippen LogP contribution in [-0.2, 0) is 21.1 Å². The number of sulfone groups is 1. The highest BCUT2D eigenvalue weighted by Crippen LogP contribution is 2.25. The van der Waals surface area contributed by atoms with Crippen LogP contribution >= 0.6 is 0 Å². The third-order valence-corrected chi connectivity index (χ3v) is 7.13. The number of aryl methyl sites for hydroxylation is 1. The minimum atomic E-state index is -3.09. The molecular weight excluding hydrogens is 381 g/mol. The maximum atomic E-state index is 13.7. The summed E-state index contributed by atoms with van der Waals surface area (Å²) in [7, 11) is 0.851. The van der Waals surface area contributed by atoms with E-state index in [1.54, 1.807) is 11.0 Å². The first kappa shape index (κ1) is 20.8. The van der Waals surface area contributed by atoms with E-state index in [0.717, 1.165) is 29.7 Å². The monoisotopic (exact) mass is 409 g/mol. The van der Waals surface area contributed by atoms with Gasteiger partial charge in [-0.1, -0.05) is 0 Å². The molecule has 0 aliphatic carbocycles. The summed E-state index contributed by atoms with van der Waals surface area (Å²) in [5, 5.41) is 0.707. The normalized spacial score (nSPS) is 18.8. The number of fused-ring (bicyclic) bond motifs is 1. The van der Waals surface area contributed by atoms with E-state index in [-0.39, 0.29) is 35.7 Å². The van der Waals surface area contributed by atoms with Crippen LogP contribution in [0.3, 0.4) is 0 Å². The minimum Gasteiger partial charge on any atom is -0.358 e. The fourth-order valence-electron chi connectivity index (χ4n) is 3.92. The molecule has 1 atom stereocenters. The van der Waals surface area contributed by atoms with Crippen molar-refractivity contribution in [3.8, 4) is 0 Å². The maximum Gasteiger partial charge on any atom is 0.227 e. The molecule has 1 aliphatic heterocycles. The molecule has 28 heavy (non-hydrogen) atoms. The van der Waals surface area contributed by atoms with E-state index in [0.29, 0.717) is 18.4 Å². The largest absolute Gasteiger partial charge is 0.358 e. The zero-order chi connectivity index (χ0) is 20.5. The number of hydrogen-bond donors (Lipinski definition) is 1. The number of hydrogen-bond acceptors (Lipinski definition) is 4. The summed E-state index contributed by atoms with van der Waals surface area (Å²) < 4.78 is 37.6. The van der Waals surface area contributed by atoms with E-state index in [2.05, 4.69) is 4.98 Å². The van der Waals surface area contributed by atoms with Crippen LogP contribution in [0.15, 0.2) is 18.2 Å². The lowest BCUT2D eigenvalue weighted by atomic mass is 10.1. The highest BCUT2D eigenvalue weighted by Gasteiger charge is 2.34. The van der Waals surface area contributed by atoms with Crippen LogP contribution in [0.4, 0.5) is 4.39 Å². The summed E-state index contributed by atoms with van der Waals surface area (Å²) in [5.74, 6) is -0.284. The summed E-state index contributed by atoms with van der Waals surface area (Å²) >= 11 is 0. The van der Waals surface area contributed by atoms with Gasteiger partial charge in [-0.2, -0.15) is 0 Å². The van der Waals surface area contributed by atoms with Crippen LogP contribution in [0, 0.1) is 12.7 Å². The summed E-state index contributed by atoms with van der Waals surface area (Å²) in [6.45, 7) is 3.21. The number of nitrogens with one attached hydrogen (secondary N) is 1. The first-order valence-electron chi connectivity index (χ1n) is 9.57. The van der Waals surface area contributed by atoms with E-state index in [9.17, 15) is 17.6 Å². The lowest BCUT2D eigenvalue weighted by Crippen LogP contribution is -2.43. The second-order valence-corrected chi connectivity index (χ2v) is 10.1. The number of amides is 1. The Morgan fingerprint density at radius 2 is 2.04 bits per heavy atom. The highest BCUT2D eigenvalue weighted by molar-refractivity contribution is 7.91. The average Bonchev–Trinajstić information content (AvgIpc) is 3.11. The number of benzene rings is 1. The van der Waals surface area contributed by atoms with Crippen LogP contribution in [0.5, 0.6) is 0 Å². The molecule has 6 nitrogen and oxygen atoms in total. The zero-order valence-electron chi connectivity index (χ0n) is 16.7. The van der Waals surface area contributed by atoms with Crippen LogP contribution in [0.25, 0.3) is 10.9 Å². The van der Waals surface area contributed by atoms with Gasteiger partial charge in [0.05, 0.1) is 17.9 Å². The Balaban J connectivity index is 1.83. The molecule has 0 radical (unpaired) electrons. The van der Waals surface area contributed by atoms with Crippen molar-refractivity contribution in [3.05, 3.63) is 35.3 Å². The Morgan fingerprint density at radius 1 is 1.29 bits per heavy atom. The number of rotatable bonds is 7. The van der Waals surface area contributed by atoms with Gasteiger partial charge in [0.1, 0.15) is 5.82 Å². The van der Waals surface area contributed by atoms with E-state index in [4.69, 9.17) is 0 Å². The lowest BCUT2D eigenvalue weighted by molar-refractivity contribution is -0.132. The Morgan fingerprint density at radius 3 is 2.68 bits per heavy atom. The van der Waals surface area contributed by atoms with Crippen molar-refractivity contribution in [1.82, 2.24) is 14.8 Å². The van der Waals surface area contributed by atoms with Gasteiger partial charge in [0.25, 0.3) is 0 Å². The lowest BCUT2D eigenvalue weighted by Gasteiger charge is -2.29. The molecule has 1 aromatic carbocycles. The number of aromatic amines is 1. The molecule has 1 aromatic heterocycles. The van der Waals surface area contributed by atoms with Gasteiger partial charge in [0.15, 0.2) is 9.84 Å². The van der Waals surface area contributed by atoms with Crippen molar-refractivity contribution >= 4 is 26.6 Å². The molecule has 1 unspecified atom stereocenters. The third kappa shape index (κ3) is 4.72. The number of aromatic nitrogens is 1. The van der Waals surface area contributed by atoms with Gasteiger partial charge < -0.3 is 14.8 Å². The Bertz CT molecular complexity index is 968. The molecule has 1 fully saturated rings. The fourth-order valence-corrected chi connectivity index (χ4v) is 5.66. The zero-order valence-corrected chi connectivity index (χ0v) is 17.5. The number of carbonyl (C=O) groups excluding carboxylic acids is 1. The predicted octanol–water partition coefficient (Wildman–Crippen LogP) is 2.13. The van der Waals surface area contributed by atoms with E-state index < -0.39 is 9.84 Å². The smallest absolute Gasteiger partial charge is 0.227 e. The molecule has 3 rings (SSSR count). The van der Waals surface area contributed by atoms with Crippen molar-refractivity contribution in [2.45, 2.75) is 32.2 Å². The van der Waals surface area contributed by atoms with Gasteiger partial charge >= 0.3 is 0 Å². The van der Waals surface area contributed by atoms with Gasteiger partial charge in [-0.15, -0.1) is 0 Å². The quantitative estimate of drug-likeness (QED) is 0.760. The Labute approximate surface area is 165 Å². The number of carbonyl (C=O) groups is 1. The van der Waals surface area contributed by atoms with Crippen molar-refractivity contribution in [2.75, 3.05) is 38.7 Å². The van der Waals surface area contributed by atoms with Crippen LogP contribution in [0.2, 0.25) is 0 Å². The first-order valence-corrected chi connectivity index (χ1v) is 11.4. The molecule has 1 N–H and O–H groups in total. The van der Waals surface area contributed by atoms with Crippen LogP contribution < -0.4 is 0 Å². The molecule has 1 aliphatic rings. The van der Waals surface area contributed by atoms with Crippen LogP contribution in [-0.4, -0.2) is 73.8 Å². The summed E-state index contributed by atoms with van der Waals surface area (Å²) in [6, 6.07) is 4.23. The third-order valence-electron chi connectivity index (χ3n) is 5.38. The summed E-state index contributed by atoms with van der Waals surface area (Å²) in [6.07, 6.45) is 1.39. The fraction of sp³-hybridized carbons (Fsp3) is 0.550. The predicted molar refractivity (Wildman–Crippen MR) is 109 cm³/mol. The number of halogens is 1. The molecule has 154 valence electrons. The average molecular weight is 410 g/mol. The second-order valence-electron chi connectivity index (χ2n) is 7.90.